The number of carbonyl (C=O) groups excluding carboxylic acids is 1. The van der Waals surface area contributed by atoms with Crippen LogP contribution in [-0.2, 0) is 21.4 Å². The van der Waals surface area contributed by atoms with Crippen LogP contribution in [0.15, 0.2) is 18.2 Å². The summed E-state index contributed by atoms with van der Waals surface area (Å²) in [6.45, 7) is 9.93. The number of sulfonamides is 1. The topological polar surface area (TPSA) is 70.2 Å². The van der Waals surface area contributed by atoms with E-state index in [-0.39, 0.29) is 5.91 Å². The number of amides is 1. The summed E-state index contributed by atoms with van der Waals surface area (Å²) < 4.78 is 32.9. The lowest BCUT2D eigenvalue weighted by Crippen LogP contribution is -2.55. The van der Waals surface area contributed by atoms with Gasteiger partial charge in [0.15, 0.2) is 0 Å². The molecule has 0 N–H and O–H groups in total. The Labute approximate surface area is 174 Å². The van der Waals surface area contributed by atoms with Crippen LogP contribution in [0.4, 0.5) is 0 Å². The van der Waals surface area contributed by atoms with Crippen molar-refractivity contribution < 1.29 is 17.9 Å². The van der Waals surface area contributed by atoms with Crippen LogP contribution in [0.25, 0.3) is 0 Å². The average molecular weight is 424 g/mol. The van der Waals surface area contributed by atoms with Gasteiger partial charge in [-0.1, -0.05) is 17.7 Å². The number of fused-ring (bicyclic) bond motifs is 1. The van der Waals surface area contributed by atoms with Gasteiger partial charge in [0, 0.05) is 51.1 Å². The highest BCUT2D eigenvalue weighted by Crippen LogP contribution is 2.36. The van der Waals surface area contributed by atoms with Gasteiger partial charge in [-0.2, -0.15) is 4.31 Å². The maximum atomic E-state index is 12.4. The second-order valence-electron chi connectivity index (χ2n) is 8.27. The van der Waals surface area contributed by atoms with Gasteiger partial charge < -0.3 is 9.64 Å². The van der Waals surface area contributed by atoms with E-state index in [0.717, 1.165) is 30.0 Å². The summed E-state index contributed by atoms with van der Waals surface area (Å²) in [7, 11) is -3.35. The normalized spacial score (nSPS) is 20.0. The van der Waals surface area contributed by atoms with Gasteiger partial charge in [-0.3, -0.25) is 9.69 Å². The van der Waals surface area contributed by atoms with Crippen molar-refractivity contribution in [1.29, 1.82) is 0 Å². The monoisotopic (exact) mass is 423 g/mol. The maximum Gasteiger partial charge on any atom is 0.236 e. The zero-order chi connectivity index (χ0) is 21.2. The molecule has 2 heterocycles. The summed E-state index contributed by atoms with van der Waals surface area (Å²) >= 11 is 0. The second kappa shape index (κ2) is 8.62. The first-order valence-corrected chi connectivity index (χ1v) is 12.2. The molecule has 1 aromatic carbocycles. The van der Waals surface area contributed by atoms with Crippen LogP contribution in [0.3, 0.4) is 0 Å². The molecule has 0 radical (unpaired) electrons. The van der Waals surface area contributed by atoms with Gasteiger partial charge >= 0.3 is 0 Å². The van der Waals surface area contributed by atoms with Gasteiger partial charge in [-0.25, -0.2) is 8.42 Å². The molecule has 0 unspecified atom stereocenters. The predicted molar refractivity (Wildman–Crippen MR) is 113 cm³/mol. The molecular weight excluding hydrogens is 390 g/mol. The molecule has 7 nitrogen and oxygen atoms in total. The summed E-state index contributed by atoms with van der Waals surface area (Å²) in [4.78, 5) is 16.4. The second-order valence-corrected chi connectivity index (χ2v) is 10.3. The van der Waals surface area contributed by atoms with E-state index in [1.807, 2.05) is 43.9 Å². The van der Waals surface area contributed by atoms with E-state index in [1.165, 1.54) is 10.6 Å². The van der Waals surface area contributed by atoms with E-state index >= 15 is 0 Å². The van der Waals surface area contributed by atoms with Crippen molar-refractivity contribution in [2.75, 3.05) is 45.5 Å². The highest BCUT2D eigenvalue weighted by atomic mass is 32.2. The van der Waals surface area contributed by atoms with Crippen molar-refractivity contribution in [1.82, 2.24) is 14.1 Å². The molecule has 0 aromatic heterocycles. The SMILES string of the molecule is CCN(CC)C(=O)CN1CCC2(CC1)CN(S(C)(=O)=O)Cc1cc(C)ccc1O2. The summed E-state index contributed by atoms with van der Waals surface area (Å²) in [5.74, 6) is 0.917. The number of nitrogens with zero attached hydrogens (tertiary/aromatic N) is 3. The number of ether oxygens (including phenoxy) is 1. The molecule has 1 fully saturated rings. The first-order chi connectivity index (χ1) is 13.7. The Kier molecular flexibility index (Phi) is 6.55. The molecule has 2 aliphatic rings. The fraction of sp³-hybridized carbons (Fsp3) is 0.667. The van der Waals surface area contributed by atoms with E-state index in [0.29, 0.717) is 45.6 Å². The third-order valence-corrected chi connectivity index (χ3v) is 7.26. The first kappa shape index (κ1) is 22.1. The zero-order valence-electron chi connectivity index (χ0n) is 18.0. The molecular formula is C21H33N3O4S. The van der Waals surface area contributed by atoms with Gasteiger partial charge in [0.1, 0.15) is 11.4 Å². The molecule has 1 spiro atoms. The average Bonchev–Trinajstić information content (AvgIpc) is 2.81. The standard InChI is InChI=1S/C21H33N3O4S/c1-5-23(6-2)20(25)15-22-11-9-21(10-12-22)16-24(29(4,26)27)14-18-13-17(3)7-8-19(18)28-21/h7-8,13H,5-6,9-12,14-16H2,1-4H3. The van der Waals surface area contributed by atoms with Crippen molar-refractivity contribution in [3.63, 3.8) is 0 Å². The number of benzene rings is 1. The Morgan fingerprint density at radius 3 is 2.45 bits per heavy atom. The van der Waals surface area contributed by atoms with E-state index < -0.39 is 15.6 Å². The molecule has 3 rings (SSSR count). The number of hydrogen-bond donors (Lipinski definition) is 0. The summed E-state index contributed by atoms with van der Waals surface area (Å²) in [5.41, 5.74) is 1.44. The van der Waals surface area contributed by atoms with Gasteiger partial charge in [0.05, 0.1) is 19.3 Å². The minimum Gasteiger partial charge on any atom is -0.485 e. The van der Waals surface area contributed by atoms with Crippen LogP contribution >= 0.6 is 0 Å². The fourth-order valence-corrected chi connectivity index (χ4v) is 5.09. The lowest BCUT2D eigenvalue weighted by molar-refractivity contribution is -0.133. The molecule has 0 atom stereocenters. The largest absolute Gasteiger partial charge is 0.485 e. The molecule has 1 amide bonds. The Morgan fingerprint density at radius 2 is 1.86 bits per heavy atom. The van der Waals surface area contributed by atoms with Gasteiger partial charge in [0.2, 0.25) is 15.9 Å². The number of likely N-dealkylation sites (N-methyl/N-ethyl adjacent to an activating group) is 1. The maximum absolute atomic E-state index is 12.4. The summed E-state index contributed by atoms with van der Waals surface area (Å²) in [6, 6.07) is 5.96. The predicted octanol–water partition coefficient (Wildman–Crippen LogP) is 1.85. The Hall–Kier alpha value is -1.64. The molecule has 0 aliphatic carbocycles. The molecule has 162 valence electrons. The van der Waals surface area contributed by atoms with Crippen molar-refractivity contribution in [2.24, 2.45) is 0 Å². The quantitative estimate of drug-likeness (QED) is 0.723. The molecule has 8 heteroatoms. The van der Waals surface area contributed by atoms with Crippen molar-refractivity contribution in [3.8, 4) is 5.75 Å². The van der Waals surface area contributed by atoms with E-state index in [4.69, 9.17) is 4.74 Å². The van der Waals surface area contributed by atoms with Crippen molar-refractivity contribution >= 4 is 15.9 Å². The number of hydrogen-bond acceptors (Lipinski definition) is 5. The Bertz CT molecular complexity index is 843. The van der Waals surface area contributed by atoms with Crippen molar-refractivity contribution in [3.05, 3.63) is 29.3 Å². The molecule has 0 bridgehead atoms. The number of rotatable bonds is 5. The molecule has 2 aliphatic heterocycles. The van der Waals surface area contributed by atoms with Crippen LogP contribution in [0, 0.1) is 6.92 Å². The summed E-state index contributed by atoms with van der Waals surface area (Å²) in [6.07, 6.45) is 2.65. The minimum absolute atomic E-state index is 0.145. The fourth-order valence-electron chi connectivity index (χ4n) is 4.25. The Morgan fingerprint density at radius 1 is 1.21 bits per heavy atom. The lowest BCUT2D eigenvalue weighted by Gasteiger charge is -2.42. The first-order valence-electron chi connectivity index (χ1n) is 10.4. The van der Waals surface area contributed by atoms with Gasteiger partial charge in [-0.15, -0.1) is 0 Å². The number of piperidine rings is 1. The molecule has 1 saturated heterocycles. The molecule has 29 heavy (non-hydrogen) atoms. The summed E-state index contributed by atoms with van der Waals surface area (Å²) in [5, 5.41) is 0. The van der Waals surface area contributed by atoms with Crippen LogP contribution in [0.2, 0.25) is 0 Å². The minimum atomic E-state index is -3.35. The van der Waals surface area contributed by atoms with E-state index in [9.17, 15) is 13.2 Å². The Balaban J connectivity index is 1.77. The lowest BCUT2D eigenvalue weighted by atomic mass is 9.91. The van der Waals surface area contributed by atoms with E-state index in [1.54, 1.807) is 0 Å². The number of likely N-dealkylation sites (tertiary alicyclic amines) is 1. The highest BCUT2D eigenvalue weighted by molar-refractivity contribution is 7.88. The number of carbonyl (C=O) groups is 1. The van der Waals surface area contributed by atoms with Gasteiger partial charge in [-0.05, 0) is 26.8 Å². The number of aryl methyl sites for hydroxylation is 1. The van der Waals surface area contributed by atoms with Crippen LogP contribution in [-0.4, -0.2) is 79.6 Å². The van der Waals surface area contributed by atoms with Crippen LogP contribution < -0.4 is 4.74 Å². The zero-order valence-corrected chi connectivity index (χ0v) is 18.8. The van der Waals surface area contributed by atoms with E-state index in [2.05, 4.69) is 4.90 Å². The van der Waals surface area contributed by atoms with Crippen molar-refractivity contribution in [2.45, 2.75) is 45.8 Å². The van der Waals surface area contributed by atoms with Gasteiger partial charge in [0.25, 0.3) is 0 Å². The van der Waals surface area contributed by atoms with Crippen LogP contribution in [0.1, 0.15) is 37.8 Å². The third kappa shape index (κ3) is 5.10. The molecule has 0 saturated carbocycles. The smallest absolute Gasteiger partial charge is 0.236 e. The van der Waals surface area contributed by atoms with Crippen LogP contribution in [0.5, 0.6) is 5.75 Å². The third-order valence-electron chi connectivity index (χ3n) is 6.06. The molecule has 1 aromatic rings. The highest BCUT2D eigenvalue weighted by Gasteiger charge is 2.43.